The number of carboxylic acid groups (broad SMARTS) is 1. The van der Waals surface area contributed by atoms with E-state index in [9.17, 15) is 22.8 Å². The lowest BCUT2D eigenvalue weighted by Crippen LogP contribution is -2.44. The Labute approximate surface area is 150 Å². The Morgan fingerprint density at radius 1 is 1.23 bits per heavy atom. The molecule has 0 unspecified atom stereocenters. The molecule has 0 aromatic heterocycles. The number of primary amides is 1. The molecule has 11 heteroatoms. The number of anilines is 1. The van der Waals surface area contributed by atoms with Gasteiger partial charge in [0.1, 0.15) is 0 Å². The summed E-state index contributed by atoms with van der Waals surface area (Å²) in [6, 6.07) is 3.16. The zero-order chi connectivity index (χ0) is 19.7. The Bertz CT molecular complexity index is 761. The highest BCUT2D eigenvalue weighted by molar-refractivity contribution is 6.33. The molecular weight excluding hydrogens is 379 g/mol. The SMILES string of the molecule is NC(=O)c1cc(Cl)c2c(c1)NC(=O)C21CCNCC1.O=C(O)C(F)(F)F. The maximum Gasteiger partial charge on any atom is 0.490 e. The van der Waals surface area contributed by atoms with Gasteiger partial charge in [0.25, 0.3) is 0 Å². The topological polar surface area (TPSA) is 122 Å². The molecule has 0 aliphatic carbocycles. The van der Waals surface area contributed by atoms with Crippen molar-refractivity contribution < 1.29 is 32.7 Å². The number of alkyl halides is 3. The van der Waals surface area contributed by atoms with Gasteiger partial charge in [-0.1, -0.05) is 11.6 Å². The number of rotatable bonds is 1. The quantitative estimate of drug-likeness (QED) is 0.578. The summed E-state index contributed by atoms with van der Waals surface area (Å²) in [5.41, 5.74) is 6.44. The molecule has 26 heavy (non-hydrogen) atoms. The van der Waals surface area contributed by atoms with Gasteiger partial charge in [0.2, 0.25) is 11.8 Å². The normalized spacial score (nSPS) is 17.8. The lowest BCUT2D eigenvalue weighted by atomic mass is 9.74. The summed E-state index contributed by atoms with van der Waals surface area (Å²) in [5.74, 6) is -3.34. The van der Waals surface area contributed by atoms with Gasteiger partial charge in [-0.25, -0.2) is 4.79 Å². The number of hydrogen-bond donors (Lipinski definition) is 4. The molecule has 0 saturated carbocycles. The first-order valence-electron chi connectivity index (χ1n) is 7.45. The zero-order valence-corrected chi connectivity index (χ0v) is 14.0. The van der Waals surface area contributed by atoms with Crippen LogP contribution < -0.4 is 16.4 Å². The number of carbonyl (C=O) groups excluding carboxylic acids is 2. The fraction of sp³-hybridized carbons (Fsp3) is 0.400. The number of nitrogens with one attached hydrogen (secondary N) is 2. The molecule has 3 rings (SSSR count). The third-order valence-electron chi connectivity index (χ3n) is 4.24. The van der Waals surface area contributed by atoms with Crippen molar-refractivity contribution in [2.45, 2.75) is 24.4 Å². The van der Waals surface area contributed by atoms with Crippen LogP contribution in [0.15, 0.2) is 12.1 Å². The van der Waals surface area contributed by atoms with Crippen molar-refractivity contribution >= 4 is 35.1 Å². The van der Waals surface area contributed by atoms with Crippen LogP contribution in [0, 0.1) is 0 Å². The Kier molecular flexibility index (Phi) is 5.47. The largest absolute Gasteiger partial charge is 0.490 e. The van der Waals surface area contributed by atoms with E-state index in [0.717, 1.165) is 18.7 Å². The second-order valence-electron chi connectivity index (χ2n) is 5.83. The Balaban J connectivity index is 0.000000298. The first kappa shape index (κ1) is 20.0. The number of halogens is 4. The predicted molar refractivity (Wildman–Crippen MR) is 86.1 cm³/mol. The molecule has 142 valence electrons. The molecule has 1 aromatic rings. The number of amides is 2. The molecule has 2 aliphatic heterocycles. The first-order valence-corrected chi connectivity index (χ1v) is 7.83. The van der Waals surface area contributed by atoms with Gasteiger partial charge in [-0.2, -0.15) is 13.2 Å². The van der Waals surface area contributed by atoms with Crippen LogP contribution in [0.25, 0.3) is 0 Å². The summed E-state index contributed by atoms with van der Waals surface area (Å²) in [6.07, 6.45) is -3.66. The molecule has 2 heterocycles. The summed E-state index contributed by atoms with van der Waals surface area (Å²) in [6.45, 7) is 1.56. The van der Waals surface area contributed by atoms with Gasteiger partial charge in [0.15, 0.2) is 0 Å². The number of piperidine rings is 1. The molecule has 1 saturated heterocycles. The van der Waals surface area contributed by atoms with Crippen LogP contribution in [-0.2, 0) is 15.0 Å². The second-order valence-corrected chi connectivity index (χ2v) is 6.24. The summed E-state index contributed by atoms with van der Waals surface area (Å²) in [4.78, 5) is 32.5. The van der Waals surface area contributed by atoms with Crippen LogP contribution in [0.3, 0.4) is 0 Å². The fourth-order valence-corrected chi connectivity index (χ4v) is 3.42. The van der Waals surface area contributed by atoms with E-state index in [0.29, 0.717) is 29.1 Å². The van der Waals surface area contributed by atoms with Gasteiger partial charge in [-0.05, 0) is 38.1 Å². The highest BCUT2D eigenvalue weighted by atomic mass is 35.5. The van der Waals surface area contributed by atoms with Crippen molar-refractivity contribution in [2.24, 2.45) is 5.73 Å². The van der Waals surface area contributed by atoms with Crippen molar-refractivity contribution in [3.8, 4) is 0 Å². The zero-order valence-electron chi connectivity index (χ0n) is 13.2. The van der Waals surface area contributed by atoms with E-state index in [-0.39, 0.29) is 5.91 Å². The van der Waals surface area contributed by atoms with E-state index in [1.807, 2.05) is 0 Å². The number of aliphatic carboxylic acids is 1. The van der Waals surface area contributed by atoms with Crippen molar-refractivity contribution in [1.29, 1.82) is 0 Å². The number of fused-ring (bicyclic) bond motifs is 2. The molecule has 1 aromatic carbocycles. The standard InChI is InChI=1S/C13H14ClN3O2.C2HF3O2/c14-8-5-7(11(15)18)6-9-10(8)13(12(19)17-9)1-3-16-4-2-13;3-2(4,5)1(6)7/h5-6,16H,1-4H2,(H2,15,18)(H,17,19);(H,6,7). The minimum absolute atomic E-state index is 0.0347. The van der Waals surface area contributed by atoms with Gasteiger partial charge < -0.3 is 21.5 Å². The average molecular weight is 394 g/mol. The van der Waals surface area contributed by atoms with Crippen LogP contribution >= 0.6 is 11.6 Å². The lowest BCUT2D eigenvalue weighted by Gasteiger charge is -2.32. The summed E-state index contributed by atoms with van der Waals surface area (Å²) in [5, 5.41) is 13.6. The summed E-state index contributed by atoms with van der Waals surface area (Å²) >= 11 is 6.29. The number of carbonyl (C=O) groups is 3. The lowest BCUT2D eigenvalue weighted by molar-refractivity contribution is -0.192. The molecule has 2 aliphatic rings. The first-order chi connectivity index (χ1) is 12.0. The number of carboxylic acids is 1. The third-order valence-corrected chi connectivity index (χ3v) is 4.53. The summed E-state index contributed by atoms with van der Waals surface area (Å²) in [7, 11) is 0. The molecule has 1 spiro atoms. The van der Waals surface area contributed by atoms with Crippen molar-refractivity contribution in [1.82, 2.24) is 5.32 Å². The number of hydrogen-bond acceptors (Lipinski definition) is 4. The van der Waals surface area contributed by atoms with Gasteiger partial charge in [0, 0.05) is 21.8 Å². The molecule has 0 atom stereocenters. The van der Waals surface area contributed by atoms with Crippen molar-refractivity contribution in [3.63, 3.8) is 0 Å². The van der Waals surface area contributed by atoms with Crippen LogP contribution in [0.5, 0.6) is 0 Å². The molecular formula is C15H15ClF3N3O4. The van der Waals surface area contributed by atoms with Crippen LogP contribution in [-0.4, -0.2) is 42.2 Å². The third kappa shape index (κ3) is 3.75. The molecule has 2 amide bonds. The van der Waals surface area contributed by atoms with Crippen LogP contribution in [0.2, 0.25) is 5.02 Å². The Morgan fingerprint density at radius 2 is 1.77 bits per heavy atom. The van der Waals surface area contributed by atoms with E-state index in [1.54, 1.807) is 12.1 Å². The molecule has 7 nitrogen and oxygen atoms in total. The molecule has 5 N–H and O–H groups in total. The van der Waals surface area contributed by atoms with E-state index < -0.39 is 23.5 Å². The predicted octanol–water partition coefficient (Wildman–Crippen LogP) is 1.65. The van der Waals surface area contributed by atoms with E-state index in [4.69, 9.17) is 27.2 Å². The summed E-state index contributed by atoms with van der Waals surface area (Å²) < 4.78 is 31.7. The average Bonchev–Trinajstić information content (AvgIpc) is 2.80. The van der Waals surface area contributed by atoms with Crippen molar-refractivity contribution in [2.75, 3.05) is 18.4 Å². The van der Waals surface area contributed by atoms with Gasteiger partial charge in [-0.15, -0.1) is 0 Å². The minimum Gasteiger partial charge on any atom is -0.475 e. The second kappa shape index (κ2) is 7.12. The molecule has 0 radical (unpaired) electrons. The van der Waals surface area contributed by atoms with Gasteiger partial charge >= 0.3 is 12.1 Å². The van der Waals surface area contributed by atoms with E-state index in [2.05, 4.69) is 10.6 Å². The maximum absolute atomic E-state index is 12.3. The van der Waals surface area contributed by atoms with Gasteiger partial charge in [0.05, 0.1) is 5.41 Å². The Hall–Kier alpha value is -2.33. The Morgan fingerprint density at radius 3 is 2.23 bits per heavy atom. The smallest absolute Gasteiger partial charge is 0.475 e. The van der Waals surface area contributed by atoms with Crippen molar-refractivity contribution in [3.05, 3.63) is 28.3 Å². The van der Waals surface area contributed by atoms with Crippen LogP contribution in [0.1, 0.15) is 28.8 Å². The highest BCUT2D eigenvalue weighted by Gasteiger charge is 2.48. The maximum atomic E-state index is 12.3. The molecule has 1 fully saturated rings. The highest BCUT2D eigenvalue weighted by Crippen LogP contribution is 2.47. The fourth-order valence-electron chi connectivity index (χ4n) is 3.02. The number of nitrogens with two attached hydrogens (primary N) is 1. The monoisotopic (exact) mass is 393 g/mol. The van der Waals surface area contributed by atoms with E-state index >= 15 is 0 Å². The minimum atomic E-state index is -5.08. The van der Waals surface area contributed by atoms with Crippen LogP contribution in [0.4, 0.5) is 18.9 Å². The van der Waals surface area contributed by atoms with E-state index in [1.165, 1.54) is 0 Å². The number of benzene rings is 1. The van der Waals surface area contributed by atoms with Gasteiger partial charge in [-0.3, -0.25) is 9.59 Å². The molecule has 0 bridgehead atoms.